The predicted octanol–water partition coefficient (Wildman–Crippen LogP) is 5.79. The largest absolute Gasteiger partial charge is 0.416 e. The van der Waals surface area contributed by atoms with E-state index in [1.54, 1.807) is 4.68 Å². The maximum Gasteiger partial charge on any atom is 0.416 e. The highest BCUT2D eigenvalue weighted by atomic mass is 19.4. The highest BCUT2D eigenvalue weighted by Gasteiger charge is 2.37. The lowest BCUT2D eigenvalue weighted by Gasteiger charge is -2.29. The van der Waals surface area contributed by atoms with Crippen LogP contribution in [0.3, 0.4) is 0 Å². The summed E-state index contributed by atoms with van der Waals surface area (Å²) in [5.74, 6) is 0.219. The second-order valence-corrected chi connectivity index (χ2v) is 8.06. The summed E-state index contributed by atoms with van der Waals surface area (Å²) in [6, 6.07) is 14.3. The lowest BCUT2D eigenvalue weighted by molar-refractivity contribution is -0.137. The van der Waals surface area contributed by atoms with Crippen LogP contribution >= 0.6 is 0 Å². The molecule has 0 saturated carbocycles. The first-order valence-electron chi connectivity index (χ1n) is 9.29. The number of halogens is 3. The molecular weight excluding hydrogens is 379 g/mol. The summed E-state index contributed by atoms with van der Waals surface area (Å²) in [5.41, 5.74) is 1.28. The molecule has 0 atom stereocenters. The number of nitrogens with zero attached hydrogens (tertiary/aromatic N) is 2. The molecule has 1 aromatic heterocycles. The number of Topliss-reactive ketones (excluding diaryl/α,β-unsaturated/α-hetero) is 1. The van der Waals surface area contributed by atoms with Crippen LogP contribution in [0.15, 0.2) is 54.6 Å². The third-order valence-electron chi connectivity index (χ3n) is 5.00. The third kappa shape index (κ3) is 3.77. The van der Waals surface area contributed by atoms with E-state index in [-0.39, 0.29) is 22.7 Å². The monoisotopic (exact) mass is 399 g/mol. The topological polar surface area (TPSA) is 46.9 Å². The van der Waals surface area contributed by atoms with E-state index in [9.17, 15) is 18.0 Å². The van der Waals surface area contributed by atoms with Crippen LogP contribution in [0.4, 0.5) is 24.7 Å². The molecule has 1 N–H and O–H groups in total. The van der Waals surface area contributed by atoms with E-state index in [2.05, 4.69) is 10.4 Å². The Morgan fingerprint density at radius 1 is 1.03 bits per heavy atom. The van der Waals surface area contributed by atoms with Crippen LogP contribution in [0.5, 0.6) is 0 Å². The number of hydrogen-bond donors (Lipinski definition) is 1. The van der Waals surface area contributed by atoms with Gasteiger partial charge in [-0.25, -0.2) is 4.68 Å². The average molecular weight is 399 g/mol. The van der Waals surface area contributed by atoms with Crippen molar-refractivity contribution in [3.05, 3.63) is 71.4 Å². The number of nitrogens with one attached hydrogen (secondary N) is 1. The van der Waals surface area contributed by atoms with Gasteiger partial charge in [0.25, 0.3) is 0 Å². The van der Waals surface area contributed by atoms with E-state index in [1.807, 2.05) is 44.2 Å². The number of aromatic nitrogens is 2. The Morgan fingerprint density at radius 2 is 1.76 bits per heavy atom. The zero-order valence-corrected chi connectivity index (χ0v) is 16.0. The smallest absolute Gasteiger partial charge is 0.338 e. The Labute approximate surface area is 166 Å². The second-order valence-electron chi connectivity index (χ2n) is 8.06. The van der Waals surface area contributed by atoms with Crippen LogP contribution in [0.1, 0.15) is 41.9 Å². The maximum absolute atomic E-state index is 13.1. The standard InChI is InChI=1S/C22H20F3N3O/c1-21(2)12-17-19(18(29)13-21)20(27-28(17)16-9-4-3-5-10-16)26-15-8-6-7-14(11-15)22(23,24)25/h3-11H,12-13H2,1-2H3,(H,26,27). The van der Waals surface area contributed by atoms with Gasteiger partial charge in [0.15, 0.2) is 11.6 Å². The lowest BCUT2D eigenvalue weighted by atomic mass is 9.76. The Kier molecular flexibility index (Phi) is 4.48. The van der Waals surface area contributed by atoms with Crippen molar-refractivity contribution in [3.8, 4) is 5.69 Å². The fourth-order valence-corrected chi connectivity index (χ4v) is 3.73. The number of rotatable bonds is 3. The van der Waals surface area contributed by atoms with E-state index in [4.69, 9.17) is 0 Å². The molecule has 150 valence electrons. The van der Waals surface area contributed by atoms with E-state index < -0.39 is 11.7 Å². The minimum absolute atomic E-state index is 0.0621. The number of carbonyl (C=O) groups excluding carboxylic acids is 1. The third-order valence-corrected chi connectivity index (χ3v) is 5.00. The SMILES string of the molecule is CC1(C)CC(=O)c2c(Nc3cccc(C(F)(F)F)c3)nn(-c3ccccc3)c2C1. The van der Waals surface area contributed by atoms with Crippen molar-refractivity contribution >= 4 is 17.3 Å². The van der Waals surface area contributed by atoms with Gasteiger partial charge in [-0.05, 0) is 42.2 Å². The van der Waals surface area contributed by atoms with E-state index >= 15 is 0 Å². The fourth-order valence-electron chi connectivity index (χ4n) is 3.73. The number of carbonyl (C=O) groups is 1. The Hall–Kier alpha value is -3.09. The normalized spacial score (nSPS) is 15.8. The Morgan fingerprint density at radius 3 is 2.45 bits per heavy atom. The molecule has 0 fully saturated rings. The number of alkyl halides is 3. The minimum Gasteiger partial charge on any atom is -0.338 e. The number of anilines is 2. The zero-order valence-electron chi connectivity index (χ0n) is 16.0. The summed E-state index contributed by atoms with van der Waals surface area (Å²) in [6.07, 6.45) is -3.45. The van der Waals surface area contributed by atoms with Gasteiger partial charge in [-0.1, -0.05) is 38.1 Å². The molecule has 3 aromatic rings. The van der Waals surface area contributed by atoms with Gasteiger partial charge < -0.3 is 5.32 Å². The van der Waals surface area contributed by atoms with Crippen LogP contribution in [0, 0.1) is 5.41 Å². The van der Waals surface area contributed by atoms with Gasteiger partial charge in [0, 0.05) is 12.1 Å². The first-order valence-corrected chi connectivity index (χ1v) is 9.29. The van der Waals surface area contributed by atoms with E-state index in [0.717, 1.165) is 23.5 Å². The number of benzene rings is 2. The molecule has 0 aliphatic heterocycles. The molecule has 0 unspecified atom stereocenters. The predicted molar refractivity (Wildman–Crippen MR) is 105 cm³/mol. The molecule has 1 heterocycles. The first kappa shape index (κ1) is 19.2. The van der Waals surface area contributed by atoms with Gasteiger partial charge in [-0.3, -0.25) is 4.79 Å². The van der Waals surface area contributed by atoms with E-state index in [1.165, 1.54) is 12.1 Å². The molecule has 1 aliphatic carbocycles. The zero-order chi connectivity index (χ0) is 20.8. The number of para-hydroxylation sites is 1. The van der Waals surface area contributed by atoms with Crippen molar-refractivity contribution in [1.29, 1.82) is 0 Å². The fraction of sp³-hybridized carbons (Fsp3) is 0.273. The minimum atomic E-state index is -4.44. The number of ketones is 1. The van der Waals surface area contributed by atoms with Crippen LogP contribution in [0.2, 0.25) is 0 Å². The summed E-state index contributed by atoms with van der Waals surface area (Å²) >= 11 is 0. The van der Waals surface area contributed by atoms with Gasteiger partial charge in [-0.15, -0.1) is 5.10 Å². The molecular formula is C22H20F3N3O. The summed E-state index contributed by atoms with van der Waals surface area (Å²) < 4.78 is 40.9. The van der Waals surface area contributed by atoms with Gasteiger partial charge >= 0.3 is 6.18 Å². The molecule has 0 radical (unpaired) electrons. The number of fused-ring (bicyclic) bond motifs is 1. The first-order chi connectivity index (χ1) is 13.6. The maximum atomic E-state index is 13.1. The molecule has 1 aliphatic rings. The lowest BCUT2D eigenvalue weighted by Crippen LogP contribution is -2.28. The van der Waals surface area contributed by atoms with Gasteiger partial charge in [0.1, 0.15) is 0 Å². The molecule has 7 heteroatoms. The van der Waals surface area contributed by atoms with Crippen LogP contribution in [-0.2, 0) is 12.6 Å². The van der Waals surface area contributed by atoms with Crippen molar-refractivity contribution in [3.63, 3.8) is 0 Å². The van der Waals surface area contributed by atoms with Gasteiger partial charge in [0.05, 0.1) is 22.5 Å². The summed E-state index contributed by atoms with van der Waals surface area (Å²) in [6.45, 7) is 4.05. The highest BCUT2D eigenvalue weighted by molar-refractivity contribution is 6.03. The van der Waals surface area contributed by atoms with E-state index in [0.29, 0.717) is 18.4 Å². The van der Waals surface area contributed by atoms with Crippen molar-refractivity contribution in [1.82, 2.24) is 9.78 Å². The van der Waals surface area contributed by atoms with Crippen LogP contribution in [0.25, 0.3) is 5.69 Å². The average Bonchev–Trinajstić information content (AvgIpc) is 2.99. The van der Waals surface area contributed by atoms with Crippen molar-refractivity contribution in [2.75, 3.05) is 5.32 Å². The van der Waals surface area contributed by atoms with Crippen molar-refractivity contribution in [2.24, 2.45) is 5.41 Å². The Bertz CT molecular complexity index is 1070. The molecule has 0 saturated heterocycles. The summed E-state index contributed by atoms with van der Waals surface area (Å²) in [4.78, 5) is 12.9. The van der Waals surface area contributed by atoms with Crippen LogP contribution in [-0.4, -0.2) is 15.6 Å². The number of hydrogen-bond acceptors (Lipinski definition) is 3. The molecule has 2 aromatic carbocycles. The molecule has 0 bridgehead atoms. The molecule has 0 spiro atoms. The molecule has 29 heavy (non-hydrogen) atoms. The molecule has 4 rings (SSSR count). The summed E-state index contributed by atoms with van der Waals surface area (Å²) in [7, 11) is 0. The van der Waals surface area contributed by atoms with Crippen molar-refractivity contribution < 1.29 is 18.0 Å². The summed E-state index contributed by atoms with van der Waals surface area (Å²) in [5, 5.41) is 7.51. The van der Waals surface area contributed by atoms with Crippen LogP contribution < -0.4 is 5.32 Å². The Balaban J connectivity index is 1.81. The molecule has 4 nitrogen and oxygen atoms in total. The quantitative estimate of drug-likeness (QED) is 0.606. The van der Waals surface area contributed by atoms with Gasteiger partial charge in [-0.2, -0.15) is 13.2 Å². The highest BCUT2D eigenvalue weighted by Crippen LogP contribution is 2.40. The van der Waals surface area contributed by atoms with Gasteiger partial charge in [0.2, 0.25) is 0 Å². The van der Waals surface area contributed by atoms with Crippen molar-refractivity contribution in [2.45, 2.75) is 32.9 Å². The second kappa shape index (κ2) is 6.76. The molecule has 0 amide bonds.